The van der Waals surface area contributed by atoms with Gasteiger partial charge in [0.2, 0.25) is 0 Å². The topological polar surface area (TPSA) is 57.9 Å². The number of nitrogens with zero attached hydrogens (tertiary/aromatic N) is 2. The van der Waals surface area contributed by atoms with Crippen LogP contribution in [0.4, 0.5) is 5.95 Å². The smallest absolute Gasteiger partial charge is 0.197 e. The maximum atomic E-state index is 5.66. The van der Waals surface area contributed by atoms with Gasteiger partial charge in [-0.1, -0.05) is 30.3 Å². The number of aromatic amines is 1. The highest BCUT2D eigenvalue weighted by Crippen LogP contribution is 2.32. The number of nitrogens with two attached hydrogens (primary N) is 1. The normalized spacial score (nSPS) is 20.3. The van der Waals surface area contributed by atoms with Crippen LogP contribution in [0.1, 0.15) is 30.1 Å². The van der Waals surface area contributed by atoms with Gasteiger partial charge in [-0.2, -0.15) is 0 Å². The molecule has 1 aromatic carbocycles. The van der Waals surface area contributed by atoms with E-state index in [1.807, 2.05) is 6.20 Å². The lowest BCUT2D eigenvalue weighted by Crippen LogP contribution is -2.23. The van der Waals surface area contributed by atoms with E-state index < -0.39 is 0 Å². The van der Waals surface area contributed by atoms with E-state index in [1.54, 1.807) is 0 Å². The summed E-state index contributed by atoms with van der Waals surface area (Å²) < 4.78 is 0. The van der Waals surface area contributed by atoms with Gasteiger partial charge >= 0.3 is 0 Å². The molecule has 2 heterocycles. The van der Waals surface area contributed by atoms with Crippen LogP contribution in [-0.2, 0) is 6.54 Å². The number of hydrogen-bond donors (Lipinski definition) is 2. The van der Waals surface area contributed by atoms with Gasteiger partial charge in [0, 0.05) is 6.54 Å². The second-order valence-corrected chi connectivity index (χ2v) is 4.84. The van der Waals surface area contributed by atoms with Crippen molar-refractivity contribution in [1.29, 1.82) is 0 Å². The molecule has 4 nitrogen and oxygen atoms in total. The Bertz CT molecular complexity index is 506. The molecule has 94 valence electrons. The van der Waals surface area contributed by atoms with Crippen LogP contribution in [0.5, 0.6) is 0 Å². The summed E-state index contributed by atoms with van der Waals surface area (Å²) in [5, 5.41) is 0. The summed E-state index contributed by atoms with van der Waals surface area (Å²) in [6.07, 6.45) is 4.27. The van der Waals surface area contributed by atoms with Crippen LogP contribution in [0.15, 0.2) is 36.5 Å². The van der Waals surface area contributed by atoms with E-state index in [0.717, 1.165) is 18.8 Å². The molecule has 0 bridgehead atoms. The lowest BCUT2D eigenvalue weighted by Gasteiger charge is -2.23. The first-order chi connectivity index (χ1) is 8.83. The number of H-pyrrole nitrogens is 1. The Hall–Kier alpha value is -1.81. The number of aromatic nitrogens is 2. The van der Waals surface area contributed by atoms with Crippen LogP contribution >= 0.6 is 0 Å². The fourth-order valence-corrected chi connectivity index (χ4v) is 2.71. The van der Waals surface area contributed by atoms with Crippen LogP contribution < -0.4 is 5.73 Å². The first-order valence-corrected chi connectivity index (χ1v) is 6.41. The van der Waals surface area contributed by atoms with E-state index >= 15 is 0 Å². The fraction of sp³-hybridized carbons (Fsp3) is 0.357. The summed E-state index contributed by atoms with van der Waals surface area (Å²) in [7, 11) is 0. The van der Waals surface area contributed by atoms with Gasteiger partial charge in [0.1, 0.15) is 0 Å². The summed E-state index contributed by atoms with van der Waals surface area (Å²) >= 11 is 0. The Labute approximate surface area is 107 Å². The second-order valence-electron chi connectivity index (χ2n) is 4.84. The maximum Gasteiger partial charge on any atom is 0.197 e. The minimum atomic E-state index is 0.426. The molecule has 1 aliphatic heterocycles. The Morgan fingerprint density at radius 1 is 1.33 bits per heavy atom. The largest absolute Gasteiger partial charge is 0.369 e. The molecule has 3 N–H and O–H groups in total. The molecule has 1 aromatic heterocycles. The number of likely N-dealkylation sites (tertiary alicyclic amines) is 1. The minimum absolute atomic E-state index is 0.426. The molecule has 1 saturated heterocycles. The lowest BCUT2D eigenvalue weighted by molar-refractivity contribution is 0.245. The highest BCUT2D eigenvalue weighted by molar-refractivity contribution is 5.22. The number of benzene rings is 1. The fourth-order valence-electron chi connectivity index (χ4n) is 2.71. The summed E-state index contributed by atoms with van der Waals surface area (Å²) in [6, 6.07) is 11.0. The van der Waals surface area contributed by atoms with Crippen molar-refractivity contribution in [2.75, 3.05) is 12.3 Å². The molecule has 2 aromatic rings. The second kappa shape index (κ2) is 4.82. The number of hydrogen-bond acceptors (Lipinski definition) is 3. The van der Waals surface area contributed by atoms with Crippen LogP contribution in [0.2, 0.25) is 0 Å². The van der Waals surface area contributed by atoms with Gasteiger partial charge in [-0.15, -0.1) is 0 Å². The monoisotopic (exact) mass is 242 g/mol. The van der Waals surface area contributed by atoms with E-state index in [1.165, 1.54) is 18.4 Å². The van der Waals surface area contributed by atoms with Crippen LogP contribution in [-0.4, -0.2) is 21.4 Å². The van der Waals surface area contributed by atoms with Crippen molar-refractivity contribution >= 4 is 5.95 Å². The zero-order chi connectivity index (χ0) is 12.4. The van der Waals surface area contributed by atoms with E-state index in [0.29, 0.717) is 12.0 Å². The Morgan fingerprint density at radius 2 is 2.17 bits per heavy atom. The SMILES string of the molecule is Nc1ncc(C2CCCN2Cc2ccccc2)[nH]1. The molecule has 0 spiro atoms. The van der Waals surface area contributed by atoms with Gasteiger partial charge < -0.3 is 10.7 Å². The molecule has 0 saturated carbocycles. The van der Waals surface area contributed by atoms with Crippen molar-refractivity contribution in [1.82, 2.24) is 14.9 Å². The summed E-state index contributed by atoms with van der Waals surface area (Å²) in [5.74, 6) is 0.511. The number of nitrogen functional groups attached to an aromatic ring is 1. The van der Waals surface area contributed by atoms with Crippen molar-refractivity contribution in [3.8, 4) is 0 Å². The molecule has 1 atom stereocenters. The molecule has 18 heavy (non-hydrogen) atoms. The van der Waals surface area contributed by atoms with Gasteiger partial charge in [-0.25, -0.2) is 4.98 Å². The van der Waals surface area contributed by atoms with E-state index in [4.69, 9.17) is 5.73 Å². The average molecular weight is 242 g/mol. The predicted molar refractivity (Wildman–Crippen MR) is 71.8 cm³/mol. The first-order valence-electron chi connectivity index (χ1n) is 6.41. The van der Waals surface area contributed by atoms with Crippen LogP contribution in [0, 0.1) is 0 Å². The number of anilines is 1. The summed E-state index contributed by atoms with van der Waals surface area (Å²) in [5.41, 5.74) is 8.16. The Balaban J connectivity index is 1.75. The third kappa shape index (κ3) is 2.24. The number of nitrogens with one attached hydrogen (secondary N) is 1. The highest BCUT2D eigenvalue weighted by Gasteiger charge is 2.27. The molecule has 0 amide bonds. The van der Waals surface area contributed by atoms with Crippen molar-refractivity contribution in [3.63, 3.8) is 0 Å². The van der Waals surface area contributed by atoms with Gasteiger partial charge in [-0.05, 0) is 24.9 Å². The van der Waals surface area contributed by atoms with E-state index in [9.17, 15) is 0 Å². The highest BCUT2D eigenvalue weighted by atomic mass is 15.2. The van der Waals surface area contributed by atoms with E-state index in [2.05, 4.69) is 45.2 Å². The number of imidazole rings is 1. The van der Waals surface area contributed by atoms with Gasteiger partial charge in [-0.3, -0.25) is 4.90 Å². The zero-order valence-corrected chi connectivity index (χ0v) is 10.3. The van der Waals surface area contributed by atoms with Crippen LogP contribution in [0.3, 0.4) is 0 Å². The standard InChI is InChI=1S/C14H18N4/c15-14-16-9-12(17-14)13-7-4-8-18(13)10-11-5-2-1-3-6-11/h1-3,5-6,9,13H,4,7-8,10H2,(H3,15,16,17). The van der Waals surface area contributed by atoms with Crippen molar-refractivity contribution < 1.29 is 0 Å². The molecular weight excluding hydrogens is 224 g/mol. The molecule has 1 unspecified atom stereocenters. The maximum absolute atomic E-state index is 5.66. The molecule has 0 radical (unpaired) electrons. The third-order valence-corrected chi connectivity index (χ3v) is 3.57. The molecule has 3 rings (SSSR count). The minimum Gasteiger partial charge on any atom is -0.369 e. The summed E-state index contributed by atoms with van der Waals surface area (Å²) in [4.78, 5) is 9.75. The van der Waals surface area contributed by atoms with E-state index in [-0.39, 0.29) is 0 Å². The van der Waals surface area contributed by atoms with Crippen molar-refractivity contribution in [3.05, 3.63) is 47.8 Å². The van der Waals surface area contributed by atoms with Gasteiger partial charge in [0.25, 0.3) is 0 Å². The van der Waals surface area contributed by atoms with Crippen LogP contribution in [0.25, 0.3) is 0 Å². The van der Waals surface area contributed by atoms with Crippen molar-refractivity contribution in [2.45, 2.75) is 25.4 Å². The molecule has 1 fully saturated rings. The Morgan fingerprint density at radius 3 is 2.89 bits per heavy atom. The quantitative estimate of drug-likeness (QED) is 0.868. The molecular formula is C14H18N4. The van der Waals surface area contributed by atoms with Crippen molar-refractivity contribution in [2.24, 2.45) is 0 Å². The van der Waals surface area contributed by atoms with Gasteiger partial charge in [0.05, 0.1) is 17.9 Å². The molecule has 0 aliphatic carbocycles. The average Bonchev–Trinajstić information content (AvgIpc) is 2.99. The van der Waals surface area contributed by atoms with Gasteiger partial charge in [0.15, 0.2) is 5.95 Å². The summed E-state index contributed by atoms with van der Waals surface area (Å²) in [6.45, 7) is 2.13. The predicted octanol–water partition coefficient (Wildman–Crippen LogP) is 2.33. The molecule has 4 heteroatoms. The number of rotatable bonds is 3. The Kier molecular flexibility index (Phi) is 3.02. The third-order valence-electron chi connectivity index (χ3n) is 3.57. The lowest BCUT2D eigenvalue weighted by atomic mass is 10.1. The first kappa shape index (κ1) is 11.3. The zero-order valence-electron chi connectivity index (χ0n) is 10.3. The molecule has 1 aliphatic rings.